The number of para-hydroxylation sites is 1. The van der Waals surface area contributed by atoms with Gasteiger partial charge in [0.05, 0.1) is 11.6 Å². The number of amides is 1. The number of rotatable bonds is 5. The third-order valence-corrected chi connectivity index (χ3v) is 3.43. The molecule has 0 unspecified atom stereocenters. The monoisotopic (exact) mass is 343 g/mol. The van der Waals surface area contributed by atoms with Crippen LogP contribution < -0.4 is 11.1 Å². The molecule has 6 heteroatoms. The van der Waals surface area contributed by atoms with E-state index in [2.05, 4.69) is 10.3 Å². The van der Waals surface area contributed by atoms with Gasteiger partial charge in [-0.2, -0.15) is 0 Å². The molecule has 1 heterocycles. The van der Waals surface area contributed by atoms with Crippen molar-refractivity contribution in [2.24, 2.45) is 11.7 Å². The van der Waals surface area contributed by atoms with Gasteiger partial charge in [-0.1, -0.05) is 38.1 Å². The Morgan fingerprint density at radius 2 is 1.91 bits per heavy atom. The number of carbonyl (C=O) groups excluding carboxylic acids is 1. The number of nitrogens with zero attached hydrogens (tertiary/aromatic N) is 1. The number of carbonyl (C=O) groups is 1. The van der Waals surface area contributed by atoms with Gasteiger partial charge in [0.2, 0.25) is 5.91 Å². The van der Waals surface area contributed by atoms with Crippen LogP contribution in [-0.2, 0) is 11.2 Å². The van der Waals surface area contributed by atoms with Gasteiger partial charge in [-0.15, -0.1) is 24.8 Å². The number of hydrogen-bond acceptors (Lipinski definition) is 3. The second kappa shape index (κ2) is 9.62. The van der Waals surface area contributed by atoms with Gasteiger partial charge in [0.1, 0.15) is 0 Å². The highest BCUT2D eigenvalue weighted by molar-refractivity contribution is 5.85. The summed E-state index contributed by atoms with van der Waals surface area (Å²) in [4.78, 5) is 16.2. The molecule has 0 aliphatic heterocycles. The zero-order valence-corrected chi connectivity index (χ0v) is 14.4. The van der Waals surface area contributed by atoms with E-state index in [4.69, 9.17) is 5.73 Å². The smallest absolute Gasteiger partial charge is 0.237 e. The summed E-state index contributed by atoms with van der Waals surface area (Å²) in [5.74, 6) is 0.0578. The maximum atomic E-state index is 11.8. The van der Waals surface area contributed by atoms with Gasteiger partial charge >= 0.3 is 0 Å². The molecule has 4 nitrogen and oxygen atoms in total. The Kier molecular flexibility index (Phi) is 9.02. The van der Waals surface area contributed by atoms with E-state index in [0.717, 1.165) is 22.9 Å². The van der Waals surface area contributed by atoms with Crippen LogP contribution >= 0.6 is 24.8 Å². The van der Waals surface area contributed by atoms with Crippen LogP contribution in [0.1, 0.15) is 19.4 Å². The molecule has 0 saturated carbocycles. The van der Waals surface area contributed by atoms with E-state index in [-0.39, 0.29) is 36.6 Å². The molecule has 1 atom stereocenters. The molecule has 0 fully saturated rings. The number of nitrogens with one attached hydrogen (secondary N) is 1. The lowest BCUT2D eigenvalue weighted by Crippen LogP contribution is -2.44. The number of benzene rings is 1. The van der Waals surface area contributed by atoms with Crippen LogP contribution in [0.15, 0.2) is 36.5 Å². The minimum Gasteiger partial charge on any atom is -0.354 e. The van der Waals surface area contributed by atoms with Crippen molar-refractivity contribution in [3.05, 3.63) is 42.1 Å². The minimum absolute atomic E-state index is 0. The highest BCUT2D eigenvalue weighted by Gasteiger charge is 2.16. The van der Waals surface area contributed by atoms with Gasteiger partial charge in [-0.25, -0.2) is 0 Å². The maximum absolute atomic E-state index is 11.8. The molecule has 1 aromatic heterocycles. The summed E-state index contributed by atoms with van der Waals surface area (Å²) in [6.45, 7) is 4.46. The predicted molar refractivity (Wildman–Crippen MR) is 95.8 cm³/mol. The third-order valence-electron chi connectivity index (χ3n) is 3.43. The lowest BCUT2D eigenvalue weighted by atomic mass is 10.0. The lowest BCUT2D eigenvalue weighted by molar-refractivity contribution is -0.123. The average molecular weight is 344 g/mol. The van der Waals surface area contributed by atoms with E-state index in [1.807, 2.05) is 44.2 Å². The molecule has 1 amide bonds. The van der Waals surface area contributed by atoms with Gasteiger partial charge in [0.15, 0.2) is 0 Å². The molecule has 22 heavy (non-hydrogen) atoms. The quantitative estimate of drug-likeness (QED) is 0.876. The molecule has 2 aromatic rings. The van der Waals surface area contributed by atoms with E-state index in [9.17, 15) is 4.79 Å². The summed E-state index contributed by atoms with van der Waals surface area (Å²) in [5.41, 5.74) is 7.94. The van der Waals surface area contributed by atoms with Gasteiger partial charge < -0.3 is 11.1 Å². The second-order valence-corrected chi connectivity index (χ2v) is 5.30. The minimum atomic E-state index is -0.444. The Morgan fingerprint density at radius 1 is 1.23 bits per heavy atom. The summed E-state index contributed by atoms with van der Waals surface area (Å²) in [7, 11) is 0. The fourth-order valence-corrected chi connectivity index (χ4v) is 2.11. The predicted octanol–water partition coefficient (Wildman–Crippen LogP) is 2.72. The molecule has 0 aliphatic carbocycles. The van der Waals surface area contributed by atoms with E-state index in [0.29, 0.717) is 6.54 Å². The second-order valence-electron chi connectivity index (χ2n) is 5.30. The summed E-state index contributed by atoms with van der Waals surface area (Å²) in [5, 5.41) is 4.01. The number of fused-ring (bicyclic) bond motifs is 1. The zero-order chi connectivity index (χ0) is 14.5. The molecule has 0 radical (unpaired) electrons. The van der Waals surface area contributed by atoms with Crippen molar-refractivity contribution in [2.75, 3.05) is 6.54 Å². The normalized spacial score (nSPS) is 11.5. The average Bonchev–Trinajstić information content (AvgIpc) is 2.46. The Balaban J connectivity index is 0.00000220. The van der Waals surface area contributed by atoms with Gasteiger partial charge in [-0.3, -0.25) is 9.78 Å². The molecule has 0 spiro atoms. The van der Waals surface area contributed by atoms with E-state index < -0.39 is 6.04 Å². The summed E-state index contributed by atoms with van der Waals surface area (Å²) >= 11 is 0. The van der Waals surface area contributed by atoms with Crippen molar-refractivity contribution in [1.82, 2.24) is 10.3 Å². The van der Waals surface area contributed by atoms with Crippen molar-refractivity contribution in [3.63, 3.8) is 0 Å². The first kappa shape index (κ1) is 20.6. The molecule has 0 aliphatic rings. The van der Waals surface area contributed by atoms with Crippen LogP contribution in [0, 0.1) is 5.92 Å². The van der Waals surface area contributed by atoms with Crippen LogP contribution in [0.4, 0.5) is 0 Å². The van der Waals surface area contributed by atoms with E-state index in [1.165, 1.54) is 0 Å². The topological polar surface area (TPSA) is 68.0 Å². The number of aromatic nitrogens is 1. The zero-order valence-electron chi connectivity index (χ0n) is 12.8. The standard InChI is InChI=1S/C16H21N3O.2ClH/c1-11(2)14(17)16(20)19-10-8-13-6-3-5-12-7-4-9-18-15(12)13;;/h3-7,9,11,14H,8,10,17H2,1-2H3,(H,19,20);2*1H/t14-;;/m1../s1. The van der Waals surface area contributed by atoms with Gasteiger partial charge in [-0.05, 0) is 24.0 Å². The SMILES string of the molecule is CC(C)[C@@H](N)C(=O)NCCc1cccc2cccnc12.Cl.Cl. The first-order chi connectivity index (χ1) is 9.59. The van der Waals surface area contributed by atoms with Crippen molar-refractivity contribution < 1.29 is 4.79 Å². The van der Waals surface area contributed by atoms with Crippen LogP contribution in [0.3, 0.4) is 0 Å². The molecule has 0 saturated heterocycles. The molecule has 0 bridgehead atoms. The first-order valence-corrected chi connectivity index (χ1v) is 6.95. The summed E-state index contributed by atoms with van der Waals surface area (Å²) in [6.07, 6.45) is 2.55. The number of hydrogen-bond donors (Lipinski definition) is 2. The van der Waals surface area contributed by atoms with Crippen LogP contribution in [-0.4, -0.2) is 23.5 Å². The highest BCUT2D eigenvalue weighted by Crippen LogP contribution is 2.15. The highest BCUT2D eigenvalue weighted by atomic mass is 35.5. The van der Waals surface area contributed by atoms with Crippen molar-refractivity contribution >= 4 is 41.6 Å². The molecular weight excluding hydrogens is 321 g/mol. The summed E-state index contributed by atoms with van der Waals surface area (Å²) < 4.78 is 0. The number of nitrogens with two attached hydrogens (primary N) is 1. The molecule has 1 aromatic carbocycles. The van der Waals surface area contributed by atoms with Gasteiger partial charge in [0.25, 0.3) is 0 Å². The first-order valence-electron chi connectivity index (χ1n) is 6.95. The fraction of sp³-hybridized carbons (Fsp3) is 0.375. The van der Waals surface area contributed by atoms with Crippen molar-refractivity contribution in [1.29, 1.82) is 0 Å². The molecular formula is C16H23Cl2N3O. The number of halogens is 2. The Labute approximate surface area is 143 Å². The Bertz CT molecular complexity index is 599. The van der Waals surface area contributed by atoms with Crippen molar-refractivity contribution in [3.8, 4) is 0 Å². The molecule has 122 valence electrons. The summed E-state index contributed by atoms with van der Waals surface area (Å²) in [6, 6.07) is 9.62. The third kappa shape index (κ3) is 5.13. The van der Waals surface area contributed by atoms with Gasteiger partial charge in [0, 0.05) is 18.1 Å². The van der Waals surface area contributed by atoms with E-state index >= 15 is 0 Å². The van der Waals surface area contributed by atoms with Crippen molar-refractivity contribution in [2.45, 2.75) is 26.3 Å². The maximum Gasteiger partial charge on any atom is 0.237 e. The molecule has 2 rings (SSSR count). The lowest BCUT2D eigenvalue weighted by Gasteiger charge is -2.15. The fourth-order valence-electron chi connectivity index (χ4n) is 2.11. The van der Waals surface area contributed by atoms with Crippen LogP contribution in [0.5, 0.6) is 0 Å². The van der Waals surface area contributed by atoms with Crippen LogP contribution in [0.2, 0.25) is 0 Å². The number of pyridine rings is 1. The van der Waals surface area contributed by atoms with E-state index in [1.54, 1.807) is 6.20 Å². The largest absolute Gasteiger partial charge is 0.354 e. The van der Waals surface area contributed by atoms with Crippen LogP contribution in [0.25, 0.3) is 10.9 Å². The Hall–Kier alpha value is -1.36. The Morgan fingerprint density at radius 3 is 2.59 bits per heavy atom. The molecule has 3 N–H and O–H groups in total.